The van der Waals surface area contributed by atoms with Crippen molar-refractivity contribution >= 4 is 0 Å². The van der Waals surface area contributed by atoms with Gasteiger partial charge in [-0.3, -0.25) is 0 Å². The van der Waals surface area contributed by atoms with Crippen molar-refractivity contribution in [2.45, 2.75) is 25.6 Å². The standard InChI is InChI=1S/C10H15F3O2/c1-4-8(3)9(14,10(11,12)13)6-7-15-5-2/h4,6-8,14H,1,5H2,2-3H3/b7-6+. The van der Waals surface area contributed by atoms with Gasteiger partial charge in [0.2, 0.25) is 0 Å². The predicted octanol–water partition coefficient (Wildman–Crippen LogP) is 2.65. The summed E-state index contributed by atoms with van der Waals surface area (Å²) in [5.41, 5.74) is -2.93. The van der Waals surface area contributed by atoms with Crippen LogP contribution in [0.5, 0.6) is 0 Å². The molecule has 5 heteroatoms. The van der Waals surface area contributed by atoms with Crippen molar-refractivity contribution in [3.05, 3.63) is 25.0 Å². The Bertz CT molecular complexity index is 235. The van der Waals surface area contributed by atoms with Gasteiger partial charge in [-0.2, -0.15) is 13.2 Å². The molecule has 2 unspecified atom stereocenters. The number of hydrogen-bond acceptors (Lipinski definition) is 2. The Hall–Kier alpha value is -0.970. The number of rotatable bonds is 5. The van der Waals surface area contributed by atoms with Crippen LogP contribution in [-0.2, 0) is 4.74 Å². The molecular formula is C10H15F3O2. The Morgan fingerprint density at radius 2 is 2.00 bits per heavy atom. The molecule has 0 amide bonds. The maximum atomic E-state index is 12.6. The summed E-state index contributed by atoms with van der Waals surface area (Å²) < 4.78 is 42.3. The van der Waals surface area contributed by atoms with E-state index in [9.17, 15) is 18.3 Å². The molecule has 0 aliphatic heterocycles. The van der Waals surface area contributed by atoms with Crippen molar-refractivity contribution in [2.24, 2.45) is 5.92 Å². The fraction of sp³-hybridized carbons (Fsp3) is 0.600. The first kappa shape index (κ1) is 14.0. The second kappa shape index (κ2) is 5.21. The molecule has 0 radical (unpaired) electrons. The second-order valence-corrected chi connectivity index (χ2v) is 3.11. The highest BCUT2D eigenvalue weighted by molar-refractivity contribution is 5.10. The molecule has 15 heavy (non-hydrogen) atoms. The minimum Gasteiger partial charge on any atom is -0.502 e. The Morgan fingerprint density at radius 3 is 2.33 bits per heavy atom. The summed E-state index contributed by atoms with van der Waals surface area (Å²) in [5, 5.41) is 9.48. The highest BCUT2D eigenvalue weighted by Crippen LogP contribution is 2.37. The molecule has 2 nitrogen and oxygen atoms in total. The molecule has 0 rings (SSSR count). The normalized spacial score (nSPS) is 18.5. The average molecular weight is 224 g/mol. The van der Waals surface area contributed by atoms with Crippen LogP contribution in [0.1, 0.15) is 13.8 Å². The molecule has 0 saturated heterocycles. The predicted molar refractivity (Wildman–Crippen MR) is 51.1 cm³/mol. The van der Waals surface area contributed by atoms with Gasteiger partial charge in [0.15, 0.2) is 5.60 Å². The van der Waals surface area contributed by atoms with Crippen LogP contribution in [0.4, 0.5) is 13.2 Å². The summed E-state index contributed by atoms with van der Waals surface area (Å²) in [6, 6.07) is 0. The molecule has 0 aromatic heterocycles. The number of aliphatic hydroxyl groups is 1. The van der Waals surface area contributed by atoms with Crippen LogP contribution < -0.4 is 0 Å². The van der Waals surface area contributed by atoms with Gasteiger partial charge in [-0.1, -0.05) is 13.0 Å². The van der Waals surface area contributed by atoms with Crippen LogP contribution >= 0.6 is 0 Å². The quantitative estimate of drug-likeness (QED) is 0.574. The molecule has 0 bridgehead atoms. The van der Waals surface area contributed by atoms with Crippen LogP contribution in [0.25, 0.3) is 0 Å². The fourth-order valence-corrected chi connectivity index (χ4v) is 0.932. The Kier molecular flexibility index (Phi) is 4.87. The molecule has 88 valence electrons. The zero-order valence-corrected chi connectivity index (χ0v) is 8.71. The van der Waals surface area contributed by atoms with Crippen LogP contribution in [0.15, 0.2) is 25.0 Å². The topological polar surface area (TPSA) is 29.5 Å². The van der Waals surface area contributed by atoms with E-state index >= 15 is 0 Å². The first-order chi connectivity index (χ1) is 6.79. The van der Waals surface area contributed by atoms with Gasteiger partial charge in [0, 0.05) is 5.92 Å². The number of alkyl halides is 3. The monoisotopic (exact) mass is 224 g/mol. The second-order valence-electron chi connectivity index (χ2n) is 3.11. The highest BCUT2D eigenvalue weighted by Gasteiger charge is 2.54. The Labute approximate surface area is 87.0 Å². The summed E-state index contributed by atoms with van der Waals surface area (Å²) in [4.78, 5) is 0. The van der Waals surface area contributed by atoms with E-state index in [1.54, 1.807) is 6.92 Å². The van der Waals surface area contributed by atoms with E-state index in [0.717, 1.165) is 12.3 Å². The first-order valence-corrected chi connectivity index (χ1v) is 4.50. The SMILES string of the molecule is C=CC(C)C(O)(/C=C/OCC)C(F)(F)F. The minimum absolute atomic E-state index is 0.243. The van der Waals surface area contributed by atoms with Crippen LogP contribution in [0.3, 0.4) is 0 Å². The molecule has 0 aromatic carbocycles. The lowest BCUT2D eigenvalue weighted by Crippen LogP contribution is -2.48. The third-order valence-corrected chi connectivity index (χ3v) is 2.09. The summed E-state index contributed by atoms with van der Waals surface area (Å²) >= 11 is 0. The molecular weight excluding hydrogens is 209 g/mol. The van der Waals surface area contributed by atoms with Crippen molar-refractivity contribution in [1.29, 1.82) is 0 Å². The Balaban J connectivity index is 4.95. The molecule has 0 spiro atoms. The van der Waals surface area contributed by atoms with Gasteiger partial charge in [0.1, 0.15) is 0 Å². The summed E-state index contributed by atoms with van der Waals surface area (Å²) in [5.74, 6) is -1.14. The lowest BCUT2D eigenvalue weighted by molar-refractivity contribution is -0.251. The molecule has 2 atom stereocenters. The van der Waals surface area contributed by atoms with E-state index in [1.807, 2.05) is 0 Å². The van der Waals surface area contributed by atoms with Crippen LogP contribution in [0.2, 0.25) is 0 Å². The number of hydrogen-bond donors (Lipinski definition) is 1. The third-order valence-electron chi connectivity index (χ3n) is 2.09. The smallest absolute Gasteiger partial charge is 0.421 e. The van der Waals surface area contributed by atoms with Gasteiger partial charge in [-0.15, -0.1) is 6.58 Å². The van der Waals surface area contributed by atoms with E-state index in [4.69, 9.17) is 0 Å². The highest BCUT2D eigenvalue weighted by atomic mass is 19.4. The summed E-state index contributed by atoms with van der Waals surface area (Å²) in [6.07, 6.45) is -2.26. The maximum Gasteiger partial charge on any atom is 0.421 e. The van der Waals surface area contributed by atoms with Crippen molar-refractivity contribution in [1.82, 2.24) is 0 Å². The van der Waals surface area contributed by atoms with Gasteiger partial charge < -0.3 is 9.84 Å². The van der Waals surface area contributed by atoms with Crippen molar-refractivity contribution in [2.75, 3.05) is 6.61 Å². The zero-order chi connectivity index (χ0) is 12.1. The molecule has 0 saturated carbocycles. The van der Waals surface area contributed by atoms with Gasteiger partial charge in [0.05, 0.1) is 12.9 Å². The van der Waals surface area contributed by atoms with Crippen molar-refractivity contribution in [3.8, 4) is 0 Å². The van der Waals surface area contributed by atoms with Gasteiger partial charge in [0.25, 0.3) is 0 Å². The van der Waals surface area contributed by atoms with E-state index in [1.165, 1.54) is 6.92 Å². The van der Waals surface area contributed by atoms with Crippen molar-refractivity contribution in [3.63, 3.8) is 0 Å². The van der Waals surface area contributed by atoms with Gasteiger partial charge in [-0.25, -0.2) is 0 Å². The largest absolute Gasteiger partial charge is 0.502 e. The average Bonchev–Trinajstić information content (AvgIpc) is 2.15. The number of ether oxygens (including phenoxy) is 1. The van der Waals surface area contributed by atoms with E-state index in [-0.39, 0.29) is 6.61 Å². The van der Waals surface area contributed by atoms with Gasteiger partial charge in [-0.05, 0) is 13.0 Å². The van der Waals surface area contributed by atoms with Crippen LogP contribution in [0, 0.1) is 5.92 Å². The molecule has 0 aliphatic rings. The molecule has 1 N–H and O–H groups in total. The van der Waals surface area contributed by atoms with Gasteiger partial charge >= 0.3 is 6.18 Å². The van der Waals surface area contributed by atoms with Crippen LogP contribution in [-0.4, -0.2) is 23.5 Å². The first-order valence-electron chi connectivity index (χ1n) is 4.50. The zero-order valence-electron chi connectivity index (χ0n) is 8.71. The minimum atomic E-state index is -4.76. The fourth-order valence-electron chi connectivity index (χ4n) is 0.932. The number of halogens is 3. The summed E-state index contributed by atoms with van der Waals surface area (Å²) in [6.45, 7) is 6.34. The third kappa shape index (κ3) is 3.27. The van der Waals surface area contributed by atoms with E-state index in [0.29, 0.717) is 6.08 Å². The molecule has 0 aromatic rings. The lowest BCUT2D eigenvalue weighted by Gasteiger charge is -2.31. The molecule has 0 fully saturated rings. The molecule has 0 heterocycles. The van der Waals surface area contributed by atoms with E-state index < -0.39 is 17.7 Å². The Morgan fingerprint density at radius 1 is 1.47 bits per heavy atom. The lowest BCUT2D eigenvalue weighted by atomic mass is 9.88. The van der Waals surface area contributed by atoms with E-state index in [2.05, 4.69) is 11.3 Å². The van der Waals surface area contributed by atoms with Crippen molar-refractivity contribution < 1.29 is 23.0 Å². The maximum absolute atomic E-state index is 12.6. The summed E-state index contributed by atoms with van der Waals surface area (Å²) in [7, 11) is 0. The molecule has 0 aliphatic carbocycles.